The molecule has 110 valence electrons. The van der Waals surface area contributed by atoms with Gasteiger partial charge in [-0.3, -0.25) is 0 Å². The molecule has 1 unspecified atom stereocenters. The molecule has 0 fully saturated rings. The number of nitrogens with one attached hydrogen (secondary N) is 1. The number of benzene rings is 2. The summed E-state index contributed by atoms with van der Waals surface area (Å²) in [5.41, 5.74) is 4.73. The Hall–Kier alpha value is -2.16. The van der Waals surface area contributed by atoms with Crippen LogP contribution in [-0.4, -0.2) is 12.2 Å². The van der Waals surface area contributed by atoms with E-state index in [2.05, 4.69) is 18.3 Å². The predicted molar refractivity (Wildman–Crippen MR) is 85.1 cm³/mol. The van der Waals surface area contributed by atoms with Crippen molar-refractivity contribution in [1.29, 1.82) is 0 Å². The van der Waals surface area contributed by atoms with Crippen LogP contribution in [0.1, 0.15) is 35.6 Å². The van der Waals surface area contributed by atoms with E-state index < -0.39 is 0 Å². The maximum absolute atomic E-state index is 9.76. The van der Waals surface area contributed by atoms with Crippen molar-refractivity contribution in [2.24, 2.45) is 0 Å². The van der Waals surface area contributed by atoms with Gasteiger partial charge in [-0.2, -0.15) is 0 Å². The molecule has 1 aliphatic rings. The van der Waals surface area contributed by atoms with E-state index in [1.165, 1.54) is 16.7 Å². The lowest BCUT2D eigenvalue weighted by Gasteiger charge is -2.28. The van der Waals surface area contributed by atoms with Gasteiger partial charge in [0.1, 0.15) is 11.5 Å². The van der Waals surface area contributed by atoms with Gasteiger partial charge in [-0.1, -0.05) is 12.1 Å². The van der Waals surface area contributed by atoms with Crippen molar-refractivity contribution < 1.29 is 9.84 Å². The van der Waals surface area contributed by atoms with Crippen molar-refractivity contribution in [3.63, 3.8) is 0 Å². The highest BCUT2D eigenvalue weighted by molar-refractivity contribution is 5.59. The van der Waals surface area contributed by atoms with Crippen LogP contribution in [0.25, 0.3) is 0 Å². The van der Waals surface area contributed by atoms with Crippen LogP contribution in [0.3, 0.4) is 0 Å². The molecule has 0 saturated carbocycles. The van der Waals surface area contributed by atoms with Crippen LogP contribution >= 0.6 is 0 Å². The number of hydrogen-bond acceptors (Lipinski definition) is 3. The molecule has 1 atom stereocenters. The number of hydrogen-bond donors (Lipinski definition) is 2. The Balaban J connectivity index is 1.93. The molecular formula is C18H21NO2. The Morgan fingerprint density at radius 2 is 2.05 bits per heavy atom. The van der Waals surface area contributed by atoms with E-state index in [1.54, 1.807) is 13.2 Å². The molecular weight excluding hydrogens is 262 g/mol. The highest BCUT2D eigenvalue weighted by Gasteiger charge is 2.21. The number of phenols is 1. The fraction of sp³-hybridized carbons (Fsp3) is 0.333. The van der Waals surface area contributed by atoms with Crippen molar-refractivity contribution in [1.82, 2.24) is 0 Å². The third kappa shape index (κ3) is 2.82. The minimum atomic E-state index is 0.219. The zero-order valence-electron chi connectivity index (χ0n) is 12.5. The second kappa shape index (κ2) is 5.68. The molecule has 1 aliphatic carbocycles. The molecule has 3 heteroatoms. The van der Waals surface area contributed by atoms with Gasteiger partial charge in [0.2, 0.25) is 0 Å². The number of methoxy groups -OCH3 is 1. The first kappa shape index (κ1) is 13.8. The minimum absolute atomic E-state index is 0.219. The average molecular weight is 283 g/mol. The van der Waals surface area contributed by atoms with Gasteiger partial charge in [-0.25, -0.2) is 0 Å². The summed E-state index contributed by atoms with van der Waals surface area (Å²) in [7, 11) is 1.69. The molecule has 3 rings (SSSR count). The van der Waals surface area contributed by atoms with Gasteiger partial charge in [0.05, 0.1) is 18.8 Å². The maximum atomic E-state index is 9.76. The summed E-state index contributed by atoms with van der Waals surface area (Å²) in [6.45, 7) is 2.07. The van der Waals surface area contributed by atoms with E-state index in [9.17, 15) is 5.11 Å². The van der Waals surface area contributed by atoms with Crippen LogP contribution < -0.4 is 10.1 Å². The maximum Gasteiger partial charge on any atom is 0.141 e. The summed E-state index contributed by atoms with van der Waals surface area (Å²) in [5.74, 6) is 1.19. The number of ether oxygens (including phenoxy) is 1. The van der Waals surface area contributed by atoms with Crippen LogP contribution in [0.2, 0.25) is 0 Å². The van der Waals surface area contributed by atoms with Crippen molar-refractivity contribution in [2.45, 2.75) is 32.2 Å². The summed E-state index contributed by atoms with van der Waals surface area (Å²) >= 11 is 0. The molecule has 0 heterocycles. The zero-order valence-corrected chi connectivity index (χ0v) is 12.5. The second-order valence-electron chi connectivity index (χ2n) is 5.68. The Kier molecular flexibility index (Phi) is 3.74. The average Bonchev–Trinajstić information content (AvgIpc) is 2.48. The fourth-order valence-corrected chi connectivity index (χ4v) is 3.06. The number of rotatable bonds is 3. The quantitative estimate of drug-likeness (QED) is 0.887. The molecule has 2 aromatic rings. The standard InChI is InChI=1S/C18H21NO2/c1-12-6-9-18(21-2)17(10-12)19-16-5-3-4-13-7-8-14(20)11-15(13)16/h6-11,16,19-20H,3-5H2,1-2H3. The van der Waals surface area contributed by atoms with Crippen molar-refractivity contribution in [2.75, 3.05) is 12.4 Å². The summed E-state index contributed by atoms with van der Waals surface area (Å²) in [6, 6.07) is 12.1. The third-order valence-corrected chi connectivity index (χ3v) is 4.13. The molecule has 0 spiro atoms. The smallest absolute Gasteiger partial charge is 0.141 e. The zero-order chi connectivity index (χ0) is 14.8. The lowest BCUT2D eigenvalue weighted by Crippen LogP contribution is -2.17. The lowest BCUT2D eigenvalue weighted by molar-refractivity contribution is 0.415. The van der Waals surface area contributed by atoms with E-state index in [-0.39, 0.29) is 6.04 Å². The van der Waals surface area contributed by atoms with Gasteiger partial charge in [-0.05, 0) is 67.1 Å². The monoisotopic (exact) mass is 283 g/mol. The van der Waals surface area contributed by atoms with E-state index in [4.69, 9.17) is 4.74 Å². The number of aromatic hydroxyl groups is 1. The van der Waals surface area contributed by atoms with Gasteiger partial charge >= 0.3 is 0 Å². The van der Waals surface area contributed by atoms with Crippen LogP contribution in [0.4, 0.5) is 5.69 Å². The van der Waals surface area contributed by atoms with Crippen molar-refractivity contribution in [3.05, 3.63) is 53.1 Å². The van der Waals surface area contributed by atoms with Crippen LogP contribution in [0, 0.1) is 6.92 Å². The summed E-state index contributed by atoms with van der Waals surface area (Å²) in [5, 5.41) is 13.4. The first-order valence-electron chi connectivity index (χ1n) is 7.40. The number of anilines is 1. The van der Waals surface area contributed by atoms with Crippen LogP contribution in [-0.2, 0) is 6.42 Å². The third-order valence-electron chi connectivity index (χ3n) is 4.13. The summed E-state index contributed by atoms with van der Waals surface area (Å²) in [6.07, 6.45) is 3.30. The van der Waals surface area contributed by atoms with Gasteiger partial charge in [-0.15, -0.1) is 0 Å². The van der Waals surface area contributed by atoms with Gasteiger partial charge in [0, 0.05) is 0 Å². The Bertz CT molecular complexity index is 652. The second-order valence-corrected chi connectivity index (χ2v) is 5.68. The molecule has 21 heavy (non-hydrogen) atoms. The van der Waals surface area contributed by atoms with Crippen molar-refractivity contribution >= 4 is 5.69 Å². The first-order chi connectivity index (χ1) is 10.2. The predicted octanol–water partition coefficient (Wildman–Crippen LogP) is 4.20. The SMILES string of the molecule is COc1ccc(C)cc1NC1CCCc2ccc(O)cc21. The van der Waals surface area contributed by atoms with E-state index in [0.29, 0.717) is 5.75 Å². The molecule has 0 saturated heterocycles. The topological polar surface area (TPSA) is 41.5 Å². The highest BCUT2D eigenvalue weighted by atomic mass is 16.5. The molecule has 0 radical (unpaired) electrons. The van der Waals surface area contributed by atoms with Gasteiger partial charge in [0.15, 0.2) is 0 Å². The van der Waals surface area contributed by atoms with Gasteiger partial charge in [0.25, 0.3) is 0 Å². The largest absolute Gasteiger partial charge is 0.508 e. The molecule has 0 bridgehead atoms. The molecule has 0 aromatic heterocycles. The number of fused-ring (bicyclic) bond motifs is 1. The first-order valence-corrected chi connectivity index (χ1v) is 7.40. The van der Waals surface area contributed by atoms with E-state index in [1.807, 2.05) is 24.3 Å². The number of aryl methyl sites for hydroxylation is 2. The summed E-state index contributed by atoms with van der Waals surface area (Å²) < 4.78 is 5.44. The Morgan fingerprint density at radius 3 is 2.86 bits per heavy atom. The molecule has 0 amide bonds. The molecule has 3 nitrogen and oxygen atoms in total. The highest BCUT2D eigenvalue weighted by Crippen LogP contribution is 2.37. The van der Waals surface area contributed by atoms with Crippen LogP contribution in [0.5, 0.6) is 11.5 Å². The van der Waals surface area contributed by atoms with Gasteiger partial charge < -0.3 is 15.2 Å². The fourth-order valence-electron chi connectivity index (χ4n) is 3.06. The Labute approximate surface area is 125 Å². The van der Waals surface area contributed by atoms with Crippen molar-refractivity contribution in [3.8, 4) is 11.5 Å². The normalized spacial score (nSPS) is 17.1. The van der Waals surface area contributed by atoms with Crippen LogP contribution in [0.15, 0.2) is 36.4 Å². The van der Waals surface area contributed by atoms with E-state index >= 15 is 0 Å². The minimum Gasteiger partial charge on any atom is -0.508 e. The summed E-state index contributed by atoms with van der Waals surface area (Å²) in [4.78, 5) is 0. The molecule has 2 N–H and O–H groups in total. The number of phenolic OH excluding ortho intramolecular Hbond substituents is 1. The van der Waals surface area contributed by atoms with E-state index in [0.717, 1.165) is 30.7 Å². The molecule has 0 aliphatic heterocycles. The lowest BCUT2D eigenvalue weighted by atomic mass is 9.87. The Morgan fingerprint density at radius 1 is 1.19 bits per heavy atom. The molecule has 2 aromatic carbocycles.